The first-order chi connectivity index (χ1) is 11.6. The molecule has 3 fully saturated rings. The van der Waals surface area contributed by atoms with Gasteiger partial charge in [0, 0.05) is 25.7 Å². The van der Waals surface area contributed by atoms with Crippen LogP contribution in [-0.4, -0.2) is 70.8 Å². The van der Waals surface area contributed by atoms with Crippen LogP contribution in [0.1, 0.15) is 18.6 Å². The minimum atomic E-state index is -0.505. The average Bonchev–Trinajstić information content (AvgIpc) is 3.17. The lowest BCUT2D eigenvalue weighted by Gasteiger charge is -2.34. The summed E-state index contributed by atoms with van der Waals surface area (Å²) in [4.78, 5) is 41.7. The maximum atomic E-state index is 12.6. The van der Waals surface area contributed by atoms with Gasteiger partial charge in [-0.1, -0.05) is 0 Å². The number of carbonyl (C=O) groups is 3. The van der Waals surface area contributed by atoms with E-state index in [1.807, 2.05) is 12.1 Å². The lowest BCUT2D eigenvalue weighted by molar-refractivity contribution is -0.133. The second-order valence-electron chi connectivity index (χ2n) is 6.57. The van der Waals surface area contributed by atoms with Crippen LogP contribution in [0.15, 0.2) is 22.8 Å². The summed E-state index contributed by atoms with van der Waals surface area (Å²) >= 11 is 0. The largest absolute Gasteiger partial charge is 0.468 e. The van der Waals surface area contributed by atoms with Crippen molar-refractivity contribution in [2.24, 2.45) is 0 Å². The first-order valence-electron chi connectivity index (χ1n) is 8.28. The van der Waals surface area contributed by atoms with E-state index in [1.165, 1.54) is 0 Å². The van der Waals surface area contributed by atoms with Crippen LogP contribution >= 0.6 is 12.4 Å². The van der Waals surface area contributed by atoms with E-state index < -0.39 is 6.04 Å². The number of carbonyl (C=O) groups excluding carboxylic acids is 3. The van der Waals surface area contributed by atoms with E-state index in [4.69, 9.17) is 4.42 Å². The van der Waals surface area contributed by atoms with Crippen LogP contribution in [0.5, 0.6) is 0 Å². The number of hydrogen-bond donors (Lipinski definition) is 1. The summed E-state index contributed by atoms with van der Waals surface area (Å²) in [5.41, 5.74) is 0. The van der Waals surface area contributed by atoms with Crippen molar-refractivity contribution < 1.29 is 18.8 Å². The molecule has 4 amide bonds. The van der Waals surface area contributed by atoms with Gasteiger partial charge in [-0.3, -0.25) is 19.4 Å². The van der Waals surface area contributed by atoms with Gasteiger partial charge < -0.3 is 14.6 Å². The zero-order valence-electron chi connectivity index (χ0n) is 13.7. The first kappa shape index (κ1) is 17.8. The van der Waals surface area contributed by atoms with E-state index in [-0.39, 0.29) is 42.8 Å². The van der Waals surface area contributed by atoms with E-state index in [0.29, 0.717) is 26.2 Å². The molecule has 8 nitrogen and oxygen atoms in total. The lowest BCUT2D eigenvalue weighted by Crippen LogP contribution is -2.52. The highest BCUT2D eigenvalue weighted by Crippen LogP contribution is 2.23. The van der Waals surface area contributed by atoms with E-state index >= 15 is 0 Å². The summed E-state index contributed by atoms with van der Waals surface area (Å²) < 4.78 is 5.34. The molecule has 3 heterocycles. The topological polar surface area (TPSA) is 86.1 Å². The van der Waals surface area contributed by atoms with Crippen LogP contribution in [0.2, 0.25) is 0 Å². The van der Waals surface area contributed by atoms with Crippen LogP contribution in [0, 0.1) is 0 Å². The van der Waals surface area contributed by atoms with Crippen molar-refractivity contribution in [3.8, 4) is 0 Å². The molecule has 0 spiro atoms. The van der Waals surface area contributed by atoms with Crippen molar-refractivity contribution in [1.82, 2.24) is 20.0 Å². The third-order valence-electron chi connectivity index (χ3n) is 4.70. The standard InChI is InChI=1S/C16H20N4O4.ClH/c21-14(17-11-3-4-11)10-20-15(22)13-9-18(5-6-19(13)16(20)23)8-12-2-1-7-24-12;/h1-2,7,11,13H,3-6,8-10H2,(H,17,21);1H. The number of nitrogens with zero attached hydrogens (tertiary/aromatic N) is 3. The number of hydrogen-bond acceptors (Lipinski definition) is 5. The molecule has 0 bridgehead atoms. The molecule has 25 heavy (non-hydrogen) atoms. The van der Waals surface area contributed by atoms with Gasteiger partial charge in [-0.25, -0.2) is 4.79 Å². The number of fused-ring (bicyclic) bond motifs is 1. The van der Waals surface area contributed by atoms with Crippen molar-refractivity contribution in [3.05, 3.63) is 24.2 Å². The molecule has 1 aliphatic carbocycles. The molecule has 1 aromatic rings. The highest BCUT2D eigenvalue weighted by molar-refractivity contribution is 6.06. The quantitative estimate of drug-likeness (QED) is 0.762. The number of urea groups is 1. The Kier molecular flexibility index (Phi) is 5.01. The van der Waals surface area contributed by atoms with Gasteiger partial charge in [0.25, 0.3) is 5.91 Å². The molecule has 2 aliphatic heterocycles. The smallest absolute Gasteiger partial charge is 0.328 e. The molecule has 9 heteroatoms. The van der Waals surface area contributed by atoms with Gasteiger partial charge in [-0.2, -0.15) is 0 Å². The maximum Gasteiger partial charge on any atom is 0.328 e. The Morgan fingerprint density at radius 3 is 2.76 bits per heavy atom. The molecule has 1 unspecified atom stereocenters. The summed E-state index contributed by atoms with van der Waals surface area (Å²) in [6, 6.07) is 3.08. The van der Waals surface area contributed by atoms with Gasteiger partial charge in [0.05, 0.1) is 12.8 Å². The zero-order chi connectivity index (χ0) is 16.7. The summed E-state index contributed by atoms with van der Waals surface area (Å²) in [6.45, 7) is 2.06. The molecule has 1 aromatic heterocycles. The average molecular weight is 369 g/mol. The zero-order valence-corrected chi connectivity index (χ0v) is 14.5. The number of amides is 4. The molecule has 0 radical (unpaired) electrons. The molecule has 136 valence electrons. The van der Waals surface area contributed by atoms with E-state index in [9.17, 15) is 14.4 Å². The fourth-order valence-corrected chi connectivity index (χ4v) is 3.27. The van der Waals surface area contributed by atoms with Gasteiger partial charge in [-0.05, 0) is 25.0 Å². The molecule has 2 saturated heterocycles. The molecule has 3 aliphatic rings. The third kappa shape index (κ3) is 3.64. The summed E-state index contributed by atoms with van der Waals surface area (Å²) in [5, 5.41) is 2.82. The van der Waals surface area contributed by atoms with Gasteiger partial charge >= 0.3 is 6.03 Å². The fourth-order valence-electron chi connectivity index (χ4n) is 3.27. The van der Waals surface area contributed by atoms with E-state index in [2.05, 4.69) is 10.2 Å². The number of nitrogens with one attached hydrogen (secondary N) is 1. The van der Waals surface area contributed by atoms with E-state index in [0.717, 1.165) is 23.5 Å². The molecular formula is C16H21ClN4O4. The van der Waals surface area contributed by atoms with Crippen molar-refractivity contribution in [2.75, 3.05) is 26.2 Å². The summed E-state index contributed by atoms with van der Waals surface area (Å²) in [5.74, 6) is 0.294. The van der Waals surface area contributed by atoms with Gasteiger partial charge in [0.2, 0.25) is 5.91 Å². The Labute approximate surface area is 151 Å². The molecule has 4 rings (SSSR count). The van der Waals surface area contributed by atoms with Gasteiger partial charge in [0.1, 0.15) is 18.3 Å². The SMILES string of the molecule is Cl.O=C(CN1C(=O)C2CN(Cc3ccco3)CCN2C1=O)NC1CC1. The predicted octanol–water partition coefficient (Wildman–Crippen LogP) is 0.428. The number of rotatable bonds is 5. The molecule has 1 N–H and O–H groups in total. The second-order valence-corrected chi connectivity index (χ2v) is 6.57. The van der Waals surface area contributed by atoms with Crippen LogP contribution in [-0.2, 0) is 16.1 Å². The molecule has 0 aromatic carbocycles. The van der Waals surface area contributed by atoms with Gasteiger partial charge in [-0.15, -0.1) is 12.4 Å². The Morgan fingerprint density at radius 2 is 2.08 bits per heavy atom. The highest BCUT2D eigenvalue weighted by atomic mass is 35.5. The first-order valence-corrected chi connectivity index (χ1v) is 8.28. The van der Waals surface area contributed by atoms with Crippen LogP contribution in [0.3, 0.4) is 0 Å². The Hall–Kier alpha value is -2.06. The fraction of sp³-hybridized carbons (Fsp3) is 0.562. The predicted molar refractivity (Wildman–Crippen MR) is 90.0 cm³/mol. The van der Waals surface area contributed by atoms with E-state index in [1.54, 1.807) is 11.2 Å². The molecular weight excluding hydrogens is 348 g/mol. The van der Waals surface area contributed by atoms with Crippen LogP contribution in [0.4, 0.5) is 4.79 Å². The van der Waals surface area contributed by atoms with Gasteiger partial charge in [0.15, 0.2) is 0 Å². The lowest BCUT2D eigenvalue weighted by atomic mass is 10.2. The second kappa shape index (κ2) is 7.05. The number of furan rings is 1. The van der Waals surface area contributed by atoms with Crippen molar-refractivity contribution in [2.45, 2.75) is 31.5 Å². The highest BCUT2D eigenvalue weighted by Gasteiger charge is 2.48. The number of piperazine rings is 1. The van der Waals surface area contributed by atoms with Crippen molar-refractivity contribution in [3.63, 3.8) is 0 Å². The van der Waals surface area contributed by atoms with Crippen molar-refractivity contribution >= 4 is 30.3 Å². The Bertz CT molecular complexity index is 661. The van der Waals surface area contributed by atoms with Crippen LogP contribution in [0.25, 0.3) is 0 Å². The number of imide groups is 1. The number of halogens is 1. The summed E-state index contributed by atoms with van der Waals surface area (Å²) in [7, 11) is 0. The van der Waals surface area contributed by atoms with Crippen molar-refractivity contribution in [1.29, 1.82) is 0 Å². The van der Waals surface area contributed by atoms with Crippen LogP contribution < -0.4 is 5.32 Å². The summed E-state index contributed by atoms with van der Waals surface area (Å²) in [6.07, 6.45) is 3.57. The Balaban J connectivity index is 0.00000182. The Morgan fingerprint density at radius 1 is 1.28 bits per heavy atom. The molecule has 1 atom stereocenters. The minimum absolute atomic E-state index is 0. The maximum absolute atomic E-state index is 12.6. The molecule has 1 saturated carbocycles. The third-order valence-corrected chi connectivity index (χ3v) is 4.70. The monoisotopic (exact) mass is 368 g/mol. The minimum Gasteiger partial charge on any atom is -0.468 e. The normalized spacial score (nSPS) is 23.4.